The van der Waals surface area contributed by atoms with Gasteiger partial charge in [-0.2, -0.15) is 0 Å². The molecule has 0 N–H and O–H groups in total. The van der Waals surface area contributed by atoms with Gasteiger partial charge < -0.3 is 0 Å². The summed E-state index contributed by atoms with van der Waals surface area (Å²) in [4.78, 5) is 9.95. The Kier molecular flexibility index (Phi) is 2.65. The fraction of sp³-hybridized carbons (Fsp3) is 0.200. The molecular weight excluding hydrogens is 136 g/mol. The third-order valence-corrected chi connectivity index (χ3v) is 1.61. The Bertz CT molecular complexity index is 265. The van der Waals surface area contributed by atoms with E-state index in [2.05, 4.69) is 6.92 Å². The number of aryl methyl sites for hydroxylation is 1. The Balaban J connectivity index is 2.91. The van der Waals surface area contributed by atoms with Crippen LogP contribution >= 0.6 is 0 Å². The average molecular weight is 146 g/mol. The van der Waals surface area contributed by atoms with Gasteiger partial charge in [-0.05, 0) is 17.5 Å². The quantitative estimate of drug-likeness (QED) is 0.584. The summed E-state index contributed by atoms with van der Waals surface area (Å²) in [7, 11) is 0. The summed E-state index contributed by atoms with van der Waals surface area (Å²) in [5, 5.41) is 0. The van der Waals surface area contributed by atoms with E-state index in [1.807, 2.05) is 24.3 Å². The third-order valence-electron chi connectivity index (χ3n) is 1.61. The molecule has 0 saturated carbocycles. The summed E-state index contributed by atoms with van der Waals surface area (Å²) in [5.41, 5.74) is 2.20. The lowest BCUT2D eigenvalue weighted by Crippen LogP contribution is -1.78. The largest absolute Gasteiger partial charge is 0.233 e. The molecule has 0 aliphatic rings. The fourth-order valence-corrected chi connectivity index (χ4v) is 0.918. The van der Waals surface area contributed by atoms with Gasteiger partial charge in [0, 0.05) is 6.08 Å². The van der Waals surface area contributed by atoms with Gasteiger partial charge >= 0.3 is 0 Å². The van der Waals surface area contributed by atoms with Crippen molar-refractivity contribution in [2.24, 2.45) is 0 Å². The Morgan fingerprint density at radius 3 is 2.45 bits per heavy atom. The highest BCUT2D eigenvalue weighted by Gasteiger charge is 1.87. The first-order chi connectivity index (χ1) is 5.36. The van der Waals surface area contributed by atoms with E-state index in [1.165, 1.54) is 11.6 Å². The molecule has 1 aromatic carbocycles. The second kappa shape index (κ2) is 3.75. The summed E-state index contributed by atoms with van der Waals surface area (Å²) in [6.07, 6.45) is 2.46. The van der Waals surface area contributed by atoms with Gasteiger partial charge in [0.15, 0.2) is 0 Å². The predicted molar refractivity (Wildman–Crippen MR) is 46.0 cm³/mol. The van der Waals surface area contributed by atoms with Crippen molar-refractivity contribution < 1.29 is 4.79 Å². The number of benzene rings is 1. The molecular formula is C10H10O. The van der Waals surface area contributed by atoms with Crippen molar-refractivity contribution >= 4 is 12.0 Å². The summed E-state index contributed by atoms with van der Waals surface area (Å²) >= 11 is 0. The maximum Gasteiger partial charge on any atom is 0.125 e. The SMILES string of the molecule is CCc1ccc(C=C=O)cc1. The van der Waals surface area contributed by atoms with Crippen LogP contribution in [0.4, 0.5) is 0 Å². The monoisotopic (exact) mass is 146 g/mol. The minimum absolute atomic E-state index is 0.914. The van der Waals surface area contributed by atoms with Crippen LogP contribution in [0, 0.1) is 0 Å². The number of hydrogen-bond acceptors (Lipinski definition) is 1. The van der Waals surface area contributed by atoms with Crippen LogP contribution in [0.1, 0.15) is 18.1 Å². The van der Waals surface area contributed by atoms with Crippen LogP contribution in [0.5, 0.6) is 0 Å². The predicted octanol–water partition coefficient (Wildman–Crippen LogP) is 2.09. The fourth-order valence-electron chi connectivity index (χ4n) is 0.918. The standard InChI is InChI=1S/C10H10O/c1-2-9-3-5-10(6-4-9)7-8-11/h3-7H,2H2,1H3. The molecule has 0 aliphatic heterocycles. The van der Waals surface area contributed by atoms with Crippen LogP contribution in [0.15, 0.2) is 24.3 Å². The van der Waals surface area contributed by atoms with Gasteiger partial charge in [0.1, 0.15) is 5.94 Å². The number of hydrogen-bond donors (Lipinski definition) is 0. The van der Waals surface area contributed by atoms with Crippen LogP contribution in [0.3, 0.4) is 0 Å². The Morgan fingerprint density at radius 1 is 1.36 bits per heavy atom. The van der Waals surface area contributed by atoms with Crippen molar-refractivity contribution in [2.45, 2.75) is 13.3 Å². The molecule has 0 heterocycles. The summed E-state index contributed by atoms with van der Waals surface area (Å²) in [6.45, 7) is 2.10. The van der Waals surface area contributed by atoms with E-state index in [0.29, 0.717) is 0 Å². The smallest absolute Gasteiger partial charge is 0.125 e. The lowest BCUT2D eigenvalue weighted by molar-refractivity contribution is 0.570. The van der Waals surface area contributed by atoms with E-state index in [1.54, 1.807) is 5.94 Å². The van der Waals surface area contributed by atoms with E-state index in [0.717, 1.165) is 12.0 Å². The van der Waals surface area contributed by atoms with E-state index < -0.39 is 0 Å². The lowest BCUT2D eigenvalue weighted by atomic mass is 10.1. The van der Waals surface area contributed by atoms with E-state index in [9.17, 15) is 4.79 Å². The van der Waals surface area contributed by atoms with Crippen molar-refractivity contribution in [3.63, 3.8) is 0 Å². The van der Waals surface area contributed by atoms with Gasteiger partial charge in [0.2, 0.25) is 0 Å². The molecule has 0 atom stereocenters. The lowest BCUT2D eigenvalue weighted by Gasteiger charge is -1.94. The van der Waals surface area contributed by atoms with Crippen LogP contribution in [0.25, 0.3) is 6.08 Å². The summed E-state index contributed by atoms with van der Waals surface area (Å²) < 4.78 is 0. The number of rotatable bonds is 2. The minimum Gasteiger partial charge on any atom is -0.233 e. The molecule has 0 radical (unpaired) electrons. The van der Waals surface area contributed by atoms with Crippen molar-refractivity contribution in [2.75, 3.05) is 0 Å². The van der Waals surface area contributed by atoms with E-state index >= 15 is 0 Å². The molecule has 0 amide bonds. The zero-order valence-corrected chi connectivity index (χ0v) is 6.50. The first-order valence-corrected chi connectivity index (χ1v) is 3.66. The van der Waals surface area contributed by atoms with Crippen molar-refractivity contribution in [3.8, 4) is 0 Å². The van der Waals surface area contributed by atoms with Crippen LogP contribution in [-0.2, 0) is 11.2 Å². The van der Waals surface area contributed by atoms with Gasteiger partial charge in [-0.15, -0.1) is 0 Å². The van der Waals surface area contributed by atoms with Crippen LogP contribution in [0.2, 0.25) is 0 Å². The molecule has 0 spiro atoms. The maximum atomic E-state index is 9.95. The summed E-state index contributed by atoms with van der Waals surface area (Å²) in [6, 6.07) is 7.87. The van der Waals surface area contributed by atoms with Crippen molar-refractivity contribution in [1.29, 1.82) is 0 Å². The van der Waals surface area contributed by atoms with E-state index in [-0.39, 0.29) is 0 Å². The van der Waals surface area contributed by atoms with Gasteiger partial charge in [0.05, 0.1) is 0 Å². The second-order valence-electron chi connectivity index (χ2n) is 2.36. The molecule has 0 fully saturated rings. The zero-order valence-electron chi connectivity index (χ0n) is 6.50. The van der Waals surface area contributed by atoms with Gasteiger partial charge in [-0.1, -0.05) is 31.2 Å². The van der Waals surface area contributed by atoms with E-state index in [4.69, 9.17) is 0 Å². The molecule has 56 valence electrons. The molecule has 1 heteroatoms. The third kappa shape index (κ3) is 2.06. The second-order valence-corrected chi connectivity index (χ2v) is 2.36. The molecule has 1 nitrogen and oxygen atoms in total. The molecule has 0 unspecified atom stereocenters. The van der Waals surface area contributed by atoms with Crippen molar-refractivity contribution in [1.82, 2.24) is 0 Å². The Morgan fingerprint density at radius 2 is 2.00 bits per heavy atom. The van der Waals surface area contributed by atoms with Gasteiger partial charge in [0.25, 0.3) is 0 Å². The molecule has 0 aromatic heterocycles. The zero-order chi connectivity index (χ0) is 8.10. The normalized spacial score (nSPS) is 8.82. The minimum atomic E-state index is 0.914. The maximum absolute atomic E-state index is 9.95. The van der Waals surface area contributed by atoms with Crippen molar-refractivity contribution in [3.05, 3.63) is 35.4 Å². The van der Waals surface area contributed by atoms with Crippen LogP contribution < -0.4 is 0 Å². The molecule has 0 saturated heterocycles. The molecule has 1 rings (SSSR count). The average Bonchev–Trinajstić information content (AvgIpc) is 2.07. The Hall–Kier alpha value is -1.33. The van der Waals surface area contributed by atoms with Crippen LogP contribution in [-0.4, -0.2) is 5.94 Å². The van der Waals surface area contributed by atoms with Gasteiger partial charge in [-0.25, -0.2) is 4.79 Å². The highest BCUT2D eigenvalue weighted by molar-refractivity contribution is 5.74. The molecule has 0 bridgehead atoms. The highest BCUT2D eigenvalue weighted by Crippen LogP contribution is 2.04. The summed E-state index contributed by atoms with van der Waals surface area (Å²) in [5.74, 6) is 1.75. The molecule has 0 aliphatic carbocycles. The first-order valence-electron chi connectivity index (χ1n) is 3.66. The number of carbonyl (C=O) groups excluding carboxylic acids is 1. The topological polar surface area (TPSA) is 17.1 Å². The van der Waals surface area contributed by atoms with Gasteiger partial charge in [-0.3, -0.25) is 0 Å². The first kappa shape index (κ1) is 7.77. The highest BCUT2D eigenvalue weighted by atomic mass is 16.1. The molecule has 11 heavy (non-hydrogen) atoms. The molecule has 1 aromatic rings. The Labute approximate surface area is 66.4 Å².